The lowest BCUT2D eigenvalue weighted by molar-refractivity contribution is -0.929. The first-order valence-electron chi connectivity index (χ1n) is 15.2. The topological polar surface area (TPSA) is 112 Å². The average Bonchev–Trinajstić information content (AvgIpc) is 2.88. The van der Waals surface area contributed by atoms with Crippen molar-refractivity contribution < 1.29 is 34.2 Å². The Bertz CT molecular complexity index is 617. The maximum absolute atomic E-state index is 11.5. The molecule has 3 N–H and O–H groups in total. The van der Waals surface area contributed by atoms with E-state index in [1.54, 1.807) is 20.8 Å². The van der Waals surface area contributed by atoms with Crippen LogP contribution in [0.3, 0.4) is 0 Å². The molecule has 0 fully saturated rings. The molecule has 0 saturated heterocycles. The van der Waals surface area contributed by atoms with Gasteiger partial charge < -0.3 is 19.8 Å². The van der Waals surface area contributed by atoms with Crippen molar-refractivity contribution in [2.45, 2.75) is 124 Å². The number of aliphatic carboxylic acids is 3. The molecule has 0 spiro atoms. The highest BCUT2D eigenvalue weighted by Gasteiger charge is 2.31. The van der Waals surface area contributed by atoms with Gasteiger partial charge in [0, 0.05) is 25.7 Å². The Labute approximate surface area is 232 Å². The zero-order chi connectivity index (χ0) is 28.8. The summed E-state index contributed by atoms with van der Waals surface area (Å²) >= 11 is 0. The molecule has 222 valence electrons. The van der Waals surface area contributed by atoms with E-state index in [2.05, 4.69) is 19.1 Å². The van der Waals surface area contributed by atoms with Gasteiger partial charge in [0.1, 0.15) is 0 Å². The summed E-state index contributed by atoms with van der Waals surface area (Å²) in [4.78, 5) is 34.4. The van der Waals surface area contributed by atoms with Gasteiger partial charge in [-0.2, -0.15) is 0 Å². The maximum Gasteiger partial charge on any atom is 0.306 e. The lowest BCUT2D eigenvalue weighted by Gasteiger charge is -2.40. The van der Waals surface area contributed by atoms with Crippen molar-refractivity contribution in [1.82, 2.24) is 0 Å². The summed E-state index contributed by atoms with van der Waals surface area (Å²) in [6.07, 6.45) is 20.8. The normalized spacial score (nSPS) is 15.7. The molecule has 0 amide bonds. The number of hydrogen-bond acceptors (Lipinski definition) is 3. The van der Waals surface area contributed by atoms with Gasteiger partial charge >= 0.3 is 17.9 Å². The number of hydrogen-bond donors (Lipinski definition) is 3. The molecule has 7 nitrogen and oxygen atoms in total. The zero-order valence-electron chi connectivity index (χ0n) is 24.8. The predicted octanol–water partition coefficient (Wildman–Crippen LogP) is 7.39. The predicted molar refractivity (Wildman–Crippen MR) is 154 cm³/mol. The second kappa shape index (κ2) is 22.0. The van der Waals surface area contributed by atoms with Crippen molar-refractivity contribution in [3.8, 4) is 0 Å². The van der Waals surface area contributed by atoms with Crippen molar-refractivity contribution in [2.75, 3.05) is 26.2 Å². The molecule has 38 heavy (non-hydrogen) atoms. The number of nitrogens with zero attached hydrogens (tertiary/aromatic N) is 1. The molecule has 7 heteroatoms. The quantitative estimate of drug-likeness (QED) is 0.0599. The Hall–Kier alpha value is -1.89. The highest BCUT2D eigenvalue weighted by molar-refractivity contribution is 5.70. The minimum Gasteiger partial charge on any atom is -0.481 e. The Balaban J connectivity index is 4.86. The summed E-state index contributed by atoms with van der Waals surface area (Å²) in [6.45, 7) is 10.0. The van der Waals surface area contributed by atoms with Gasteiger partial charge in [-0.25, -0.2) is 0 Å². The van der Waals surface area contributed by atoms with Crippen LogP contribution < -0.4 is 0 Å². The van der Waals surface area contributed by atoms with Gasteiger partial charge in [-0.15, -0.1) is 0 Å². The highest BCUT2D eigenvalue weighted by atomic mass is 16.4. The lowest BCUT2D eigenvalue weighted by Crippen LogP contribution is -2.52. The minimum atomic E-state index is -0.833. The van der Waals surface area contributed by atoms with Crippen LogP contribution in [0.1, 0.15) is 124 Å². The monoisotopic (exact) mass is 540 g/mol. The van der Waals surface area contributed by atoms with Crippen molar-refractivity contribution in [3.05, 3.63) is 12.2 Å². The third-order valence-electron chi connectivity index (χ3n) is 8.02. The Morgan fingerprint density at radius 3 is 1.26 bits per heavy atom. The van der Waals surface area contributed by atoms with E-state index in [0.29, 0.717) is 43.4 Å². The summed E-state index contributed by atoms with van der Waals surface area (Å²) in [5.74, 6) is -3.96. The van der Waals surface area contributed by atoms with Crippen LogP contribution in [0.25, 0.3) is 0 Å². The highest BCUT2D eigenvalue weighted by Crippen LogP contribution is 2.21. The van der Waals surface area contributed by atoms with E-state index in [4.69, 9.17) is 0 Å². The molecule has 3 atom stereocenters. The Morgan fingerprint density at radius 2 is 0.895 bits per heavy atom. The first kappa shape index (κ1) is 36.1. The number of allylic oxidation sites excluding steroid dienone is 2. The Kier molecular flexibility index (Phi) is 20.9. The molecule has 0 aromatic carbocycles. The van der Waals surface area contributed by atoms with E-state index >= 15 is 0 Å². The van der Waals surface area contributed by atoms with Gasteiger partial charge in [0.2, 0.25) is 0 Å². The van der Waals surface area contributed by atoms with Crippen LogP contribution in [0.2, 0.25) is 0 Å². The van der Waals surface area contributed by atoms with E-state index in [1.807, 2.05) is 0 Å². The number of carboxylic acid groups (broad SMARTS) is 3. The second-order valence-electron chi connectivity index (χ2n) is 11.6. The summed E-state index contributed by atoms with van der Waals surface area (Å²) in [6, 6.07) is 0. The third-order valence-corrected chi connectivity index (χ3v) is 8.02. The van der Waals surface area contributed by atoms with Gasteiger partial charge in [-0.1, -0.05) is 91.2 Å². The largest absolute Gasteiger partial charge is 0.481 e. The van der Waals surface area contributed by atoms with Crippen molar-refractivity contribution in [1.29, 1.82) is 0 Å². The van der Waals surface area contributed by atoms with Crippen LogP contribution in [0, 0.1) is 17.8 Å². The van der Waals surface area contributed by atoms with Gasteiger partial charge in [0.15, 0.2) is 0 Å². The molecule has 0 aromatic rings. The van der Waals surface area contributed by atoms with Crippen LogP contribution in [0.5, 0.6) is 0 Å². The molecule has 0 aliphatic rings. The fourth-order valence-corrected chi connectivity index (χ4v) is 4.80. The molecule has 0 aliphatic carbocycles. The smallest absolute Gasteiger partial charge is 0.306 e. The minimum absolute atomic E-state index is 0.488. The van der Waals surface area contributed by atoms with Gasteiger partial charge in [0.25, 0.3) is 0 Å². The van der Waals surface area contributed by atoms with E-state index in [1.165, 1.54) is 57.8 Å². The van der Waals surface area contributed by atoms with Crippen LogP contribution in [-0.2, 0) is 14.4 Å². The SMILES string of the molecule is CCCCCCCCCCC/C=C/CCC[N+](CCC(C)C(=O)O)(CCC(C)C(=O)O)CCC(C)C(=O)O. The number of unbranched alkanes of at least 4 members (excludes halogenated alkanes) is 10. The van der Waals surface area contributed by atoms with Gasteiger partial charge in [-0.05, 0) is 19.3 Å². The van der Waals surface area contributed by atoms with Crippen LogP contribution in [-0.4, -0.2) is 63.9 Å². The summed E-state index contributed by atoms with van der Waals surface area (Å²) in [5, 5.41) is 28.2. The van der Waals surface area contributed by atoms with Gasteiger partial charge in [0.05, 0.1) is 43.9 Å². The van der Waals surface area contributed by atoms with Crippen LogP contribution in [0.15, 0.2) is 12.2 Å². The second-order valence-corrected chi connectivity index (χ2v) is 11.6. The molecule has 0 rings (SSSR count). The Morgan fingerprint density at radius 1 is 0.553 bits per heavy atom. The number of quaternary nitrogens is 1. The molecule has 0 heterocycles. The van der Waals surface area contributed by atoms with E-state index < -0.39 is 35.7 Å². The van der Waals surface area contributed by atoms with E-state index in [0.717, 1.165) is 25.8 Å². The first-order valence-corrected chi connectivity index (χ1v) is 15.2. The zero-order valence-corrected chi connectivity index (χ0v) is 24.8. The molecule has 0 aliphatic heterocycles. The van der Waals surface area contributed by atoms with Crippen LogP contribution in [0.4, 0.5) is 0 Å². The first-order chi connectivity index (χ1) is 18.0. The number of carboxylic acids is 3. The summed E-state index contributed by atoms with van der Waals surface area (Å²) < 4.78 is 0.582. The standard InChI is InChI=1S/C31H57NO6/c1-5-6-7-8-9-10-11-12-13-14-15-16-17-18-22-32(23-19-26(2)29(33)34,24-20-27(3)30(35)36)25-21-28(4)31(37)38/h15-16,26-28H,5-14,17-25H2,1-4H3,(H2-,33,34,35,36,37,38)/p+1/b16-15+. The third kappa shape index (κ3) is 18.4. The number of rotatable bonds is 26. The van der Waals surface area contributed by atoms with Gasteiger partial charge in [-0.3, -0.25) is 14.4 Å². The van der Waals surface area contributed by atoms with E-state index in [9.17, 15) is 29.7 Å². The maximum atomic E-state index is 11.5. The summed E-state index contributed by atoms with van der Waals surface area (Å²) in [7, 11) is 0. The molecular formula is C31H58NO6+. The molecule has 0 saturated carbocycles. The molecule has 0 radical (unpaired) electrons. The lowest BCUT2D eigenvalue weighted by atomic mass is 10.0. The number of carbonyl (C=O) groups is 3. The van der Waals surface area contributed by atoms with Crippen LogP contribution >= 0.6 is 0 Å². The molecule has 0 aromatic heterocycles. The molecule has 0 bridgehead atoms. The van der Waals surface area contributed by atoms with Crippen molar-refractivity contribution in [3.63, 3.8) is 0 Å². The van der Waals surface area contributed by atoms with E-state index in [-0.39, 0.29) is 0 Å². The fourth-order valence-electron chi connectivity index (χ4n) is 4.80. The summed E-state index contributed by atoms with van der Waals surface area (Å²) in [5.41, 5.74) is 0. The molecule has 3 unspecified atom stereocenters. The van der Waals surface area contributed by atoms with Crippen molar-refractivity contribution in [2.24, 2.45) is 17.8 Å². The average molecular weight is 541 g/mol. The molecular weight excluding hydrogens is 482 g/mol. The fraction of sp³-hybridized carbons (Fsp3) is 0.839. The van der Waals surface area contributed by atoms with Crippen molar-refractivity contribution >= 4 is 17.9 Å².